The third kappa shape index (κ3) is 4.25. The average molecular weight is 249 g/mol. The van der Waals surface area contributed by atoms with Gasteiger partial charge >= 0.3 is 5.97 Å². The number of amides is 1. The molecular weight excluding hydrogens is 230 g/mol. The Kier molecular flexibility index (Phi) is 5.99. The molecule has 0 aromatic heterocycles. The highest BCUT2D eigenvalue weighted by Crippen LogP contribution is 2.25. The highest BCUT2D eigenvalue weighted by atomic mass is 16.4. The summed E-state index contributed by atoms with van der Waals surface area (Å²) in [6.07, 6.45) is 12.2. The number of terminal acetylenes is 1. The van der Waals surface area contributed by atoms with Crippen molar-refractivity contribution in [3.63, 3.8) is 0 Å². The molecule has 2 unspecified atom stereocenters. The van der Waals surface area contributed by atoms with E-state index < -0.39 is 17.8 Å². The molecule has 0 aromatic rings. The number of allylic oxidation sites excluding steroid dienone is 2. The lowest BCUT2D eigenvalue weighted by Crippen LogP contribution is -2.39. The predicted octanol–water partition coefficient (Wildman–Crippen LogP) is 1.57. The SMILES string of the molecule is C#CCCCCNC(=O)C1CC=CCC1C(=O)O. The van der Waals surface area contributed by atoms with Crippen molar-refractivity contribution in [3.05, 3.63) is 12.2 Å². The highest BCUT2D eigenvalue weighted by Gasteiger charge is 2.33. The van der Waals surface area contributed by atoms with E-state index in [1.54, 1.807) is 0 Å². The van der Waals surface area contributed by atoms with Gasteiger partial charge in [-0.1, -0.05) is 12.2 Å². The summed E-state index contributed by atoms with van der Waals surface area (Å²) in [5, 5.41) is 11.9. The summed E-state index contributed by atoms with van der Waals surface area (Å²) in [6.45, 7) is 0.563. The molecule has 0 bridgehead atoms. The van der Waals surface area contributed by atoms with E-state index in [-0.39, 0.29) is 5.91 Å². The molecule has 0 spiro atoms. The van der Waals surface area contributed by atoms with Crippen LogP contribution in [0.25, 0.3) is 0 Å². The maximum atomic E-state index is 11.9. The molecule has 1 aliphatic rings. The third-order valence-electron chi connectivity index (χ3n) is 3.13. The lowest BCUT2D eigenvalue weighted by molar-refractivity contribution is -0.147. The lowest BCUT2D eigenvalue weighted by Gasteiger charge is -2.24. The van der Waals surface area contributed by atoms with Crippen molar-refractivity contribution in [2.75, 3.05) is 6.54 Å². The van der Waals surface area contributed by atoms with Crippen molar-refractivity contribution < 1.29 is 14.7 Å². The maximum absolute atomic E-state index is 11.9. The number of aliphatic carboxylic acids is 1. The van der Waals surface area contributed by atoms with Gasteiger partial charge in [0, 0.05) is 13.0 Å². The van der Waals surface area contributed by atoms with Crippen LogP contribution >= 0.6 is 0 Å². The zero-order valence-electron chi connectivity index (χ0n) is 10.4. The summed E-state index contributed by atoms with van der Waals surface area (Å²) in [5.74, 6) is 0.445. The lowest BCUT2D eigenvalue weighted by atomic mass is 9.82. The maximum Gasteiger partial charge on any atom is 0.307 e. The summed E-state index contributed by atoms with van der Waals surface area (Å²) in [5.41, 5.74) is 0. The Balaban J connectivity index is 2.38. The second kappa shape index (κ2) is 7.54. The Labute approximate surface area is 107 Å². The molecule has 0 fully saturated rings. The van der Waals surface area contributed by atoms with E-state index in [0.717, 1.165) is 12.8 Å². The van der Waals surface area contributed by atoms with E-state index >= 15 is 0 Å². The summed E-state index contributed by atoms with van der Waals surface area (Å²) >= 11 is 0. The molecular formula is C14H19NO3. The first-order chi connectivity index (χ1) is 8.66. The van der Waals surface area contributed by atoms with Crippen LogP contribution in [0.4, 0.5) is 0 Å². The topological polar surface area (TPSA) is 66.4 Å². The smallest absolute Gasteiger partial charge is 0.307 e. The number of nitrogens with one attached hydrogen (secondary N) is 1. The van der Waals surface area contributed by atoms with Crippen LogP contribution in [0.3, 0.4) is 0 Å². The molecule has 4 nitrogen and oxygen atoms in total. The molecule has 1 aliphatic carbocycles. The van der Waals surface area contributed by atoms with Gasteiger partial charge < -0.3 is 10.4 Å². The number of carbonyl (C=O) groups excluding carboxylic acids is 1. The molecule has 0 aromatic carbocycles. The van der Waals surface area contributed by atoms with Crippen LogP contribution < -0.4 is 5.32 Å². The number of carbonyl (C=O) groups is 2. The van der Waals surface area contributed by atoms with Crippen LogP contribution in [0, 0.1) is 24.2 Å². The van der Waals surface area contributed by atoms with Gasteiger partial charge in [-0.25, -0.2) is 0 Å². The molecule has 18 heavy (non-hydrogen) atoms. The standard InChI is InChI=1S/C14H19NO3/c1-2-3-4-7-10-15-13(16)11-8-5-6-9-12(11)14(17)18/h1,5-6,11-12H,3-4,7-10H2,(H,15,16)(H,17,18). The second-order valence-corrected chi connectivity index (χ2v) is 4.45. The van der Waals surface area contributed by atoms with Crippen LogP contribution in [0.1, 0.15) is 32.1 Å². The first kappa shape index (κ1) is 14.3. The zero-order valence-corrected chi connectivity index (χ0v) is 10.4. The first-order valence-electron chi connectivity index (χ1n) is 6.25. The van der Waals surface area contributed by atoms with Crippen molar-refractivity contribution in [2.45, 2.75) is 32.1 Å². The number of unbranched alkanes of at least 4 members (excludes halogenated alkanes) is 2. The number of carboxylic acid groups (broad SMARTS) is 1. The Bertz CT molecular complexity index is 368. The van der Waals surface area contributed by atoms with Crippen molar-refractivity contribution in [2.24, 2.45) is 11.8 Å². The van der Waals surface area contributed by atoms with Crippen molar-refractivity contribution in [1.29, 1.82) is 0 Å². The second-order valence-electron chi connectivity index (χ2n) is 4.45. The zero-order chi connectivity index (χ0) is 13.4. The van der Waals surface area contributed by atoms with E-state index in [2.05, 4.69) is 11.2 Å². The van der Waals surface area contributed by atoms with Crippen LogP contribution in [0.2, 0.25) is 0 Å². The normalized spacial score (nSPS) is 22.2. The fourth-order valence-electron chi connectivity index (χ4n) is 2.07. The van der Waals surface area contributed by atoms with Gasteiger partial charge in [-0.05, 0) is 25.7 Å². The highest BCUT2D eigenvalue weighted by molar-refractivity contribution is 5.85. The molecule has 0 heterocycles. The van der Waals surface area contributed by atoms with Crippen LogP contribution in [0.5, 0.6) is 0 Å². The van der Waals surface area contributed by atoms with E-state index in [0.29, 0.717) is 25.8 Å². The minimum atomic E-state index is -0.896. The summed E-state index contributed by atoms with van der Waals surface area (Å²) < 4.78 is 0. The molecule has 98 valence electrons. The summed E-state index contributed by atoms with van der Waals surface area (Å²) in [4.78, 5) is 22.9. The Morgan fingerprint density at radius 3 is 2.56 bits per heavy atom. The minimum Gasteiger partial charge on any atom is -0.481 e. The van der Waals surface area contributed by atoms with Gasteiger partial charge in [-0.2, -0.15) is 0 Å². The van der Waals surface area contributed by atoms with Crippen LogP contribution in [0.15, 0.2) is 12.2 Å². The van der Waals surface area contributed by atoms with Crippen molar-refractivity contribution in [3.8, 4) is 12.3 Å². The van der Waals surface area contributed by atoms with Gasteiger partial charge in [0.1, 0.15) is 0 Å². The average Bonchev–Trinajstić information content (AvgIpc) is 2.38. The predicted molar refractivity (Wildman–Crippen MR) is 68.7 cm³/mol. The van der Waals surface area contributed by atoms with Gasteiger partial charge in [0.2, 0.25) is 5.91 Å². The van der Waals surface area contributed by atoms with Gasteiger partial charge in [0.05, 0.1) is 11.8 Å². The molecule has 0 aliphatic heterocycles. The Hall–Kier alpha value is -1.76. The van der Waals surface area contributed by atoms with Crippen molar-refractivity contribution in [1.82, 2.24) is 5.32 Å². The summed E-state index contributed by atoms with van der Waals surface area (Å²) in [7, 11) is 0. The van der Waals surface area contributed by atoms with E-state index in [9.17, 15) is 9.59 Å². The first-order valence-corrected chi connectivity index (χ1v) is 6.25. The van der Waals surface area contributed by atoms with Gasteiger partial charge in [0.15, 0.2) is 0 Å². The van der Waals surface area contributed by atoms with Gasteiger partial charge in [0.25, 0.3) is 0 Å². The van der Waals surface area contributed by atoms with Gasteiger partial charge in [-0.3, -0.25) is 9.59 Å². The molecule has 0 saturated heterocycles. The van der Waals surface area contributed by atoms with Crippen molar-refractivity contribution >= 4 is 11.9 Å². The van der Waals surface area contributed by atoms with E-state index in [1.807, 2.05) is 12.2 Å². The van der Waals surface area contributed by atoms with E-state index in [1.165, 1.54) is 0 Å². The molecule has 0 saturated carbocycles. The Morgan fingerprint density at radius 1 is 1.28 bits per heavy atom. The monoisotopic (exact) mass is 249 g/mol. The van der Waals surface area contributed by atoms with Crippen LogP contribution in [-0.2, 0) is 9.59 Å². The third-order valence-corrected chi connectivity index (χ3v) is 3.13. The minimum absolute atomic E-state index is 0.160. The largest absolute Gasteiger partial charge is 0.481 e. The fraction of sp³-hybridized carbons (Fsp3) is 0.571. The van der Waals surface area contributed by atoms with Crippen LogP contribution in [-0.4, -0.2) is 23.5 Å². The molecule has 2 atom stereocenters. The molecule has 4 heteroatoms. The molecule has 2 N–H and O–H groups in total. The van der Waals surface area contributed by atoms with E-state index in [4.69, 9.17) is 11.5 Å². The molecule has 1 rings (SSSR count). The summed E-state index contributed by atoms with van der Waals surface area (Å²) in [6, 6.07) is 0. The molecule has 0 radical (unpaired) electrons. The Morgan fingerprint density at radius 2 is 1.94 bits per heavy atom. The number of hydrogen-bond acceptors (Lipinski definition) is 2. The quantitative estimate of drug-likeness (QED) is 0.426. The number of rotatable bonds is 6. The number of carboxylic acids is 1. The number of hydrogen-bond donors (Lipinski definition) is 2. The van der Waals surface area contributed by atoms with Gasteiger partial charge in [-0.15, -0.1) is 12.3 Å². The fourth-order valence-corrected chi connectivity index (χ4v) is 2.07. The molecule has 1 amide bonds.